The van der Waals surface area contributed by atoms with E-state index in [0.29, 0.717) is 17.8 Å². The van der Waals surface area contributed by atoms with Crippen molar-refractivity contribution < 1.29 is 33.0 Å². The molecule has 0 aromatic carbocycles. The van der Waals surface area contributed by atoms with E-state index in [1.165, 1.54) is 19.1 Å². The fourth-order valence-electron chi connectivity index (χ4n) is 2.64. The van der Waals surface area contributed by atoms with Gasteiger partial charge < -0.3 is 14.2 Å². The highest BCUT2D eigenvalue weighted by Crippen LogP contribution is 2.39. The third kappa shape index (κ3) is 8.85. The molecule has 0 bridgehead atoms. The van der Waals surface area contributed by atoms with Gasteiger partial charge in [-0.15, -0.1) is 0 Å². The highest BCUT2D eigenvalue weighted by molar-refractivity contribution is 5.89. The molecule has 2 atom stereocenters. The van der Waals surface area contributed by atoms with Crippen LogP contribution in [0.15, 0.2) is 96.6 Å². The second-order valence-corrected chi connectivity index (χ2v) is 8.29. The number of alkyl halides is 1. The van der Waals surface area contributed by atoms with Gasteiger partial charge in [-0.25, -0.2) is 18.8 Å². The number of rotatable bonds is 12. The minimum absolute atomic E-state index is 0.0267. The van der Waals surface area contributed by atoms with Crippen molar-refractivity contribution in [3.05, 3.63) is 96.6 Å². The molecular formula is C28H33FO6. The molecule has 0 fully saturated rings. The molecule has 0 saturated carbocycles. The third-order valence-corrected chi connectivity index (χ3v) is 5.07. The van der Waals surface area contributed by atoms with E-state index >= 15 is 4.39 Å². The van der Waals surface area contributed by atoms with E-state index in [0.717, 1.165) is 0 Å². The van der Waals surface area contributed by atoms with Crippen molar-refractivity contribution in [1.29, 1.82) is 0 Å². The molecule has 1 rings (SSSR count). The van der Waals surface area contributed by atoms with E-state index < -0.39 is 29.5 Å². The van der Waals surface area contributed by atoms with Crippen molar-refractivity contribution in [2.75, 3.05) is 6.61 Å². The number of halogens is 1. The molecule has 7 heteroatoms. The van der Waals surface area contributed by atoms with E-state index in [1.54, 1.807) is 38.2 Å². The van der Waals surface area contributed by atoms with Crippen LogP contribution in [0.5, 0.6) is 0 Å². The van der Waals surface area contributed by atoms with Crippen molar-refractivity contribution in [2.24, 2.45) is 5.41 Å². The molecule has 0 aromatic heterocycles. The molecule has 0 spiro atoms. The molecule has 0 saturated heterocycles. The molecule has 0 aliphatic heterocycles. The Kier molecular flexibility index (Phi) is 11.1. The standard InChI is InChI=1S/C28H33FO6/c1-9-10-22(34-26(31)19(4)5)12-11-21(7)28(8)15-13-23(17-24(28)29)35-27(32)20(6)14-16-33-25(30)18(2)3/h10-13,15,17,24H,2,4,6-7,9,14,16H2,1,3,5,8H3. The summed E-state index contributed by atoms with van der Waals surface area (Å²) >= 11 is 0. The highest BCUT2D eigenvalue weighted by atomic mass is 19.1. The van der Waals surface area contributed by atoms with Crippen molar-refractivity contribution in [3.8, 4) is 0 Å². The van der Waals surface area contributed by atoms with Gasteiger partial charge in [0, 0.05) is 28.6 Å². The summed E-state index contributed by atoms with van der Waals surface area (Å²) in [6.07, 6.45) is 8.17. The zero-order valence-electron chi connectivity index (χ0n) is 20.8. The van der Waals surface area contributed by atoms with Crippen LogP contribution in [-0.4, -0.2) is 30.7 Å². The van der Waals surface area contributed by atoms with Crippen LogP contribution >= 0.6 is 0 Å². The SMILES string of the molecule is C=C(C)C(=O)OCCC(=C)C(=O)OC1=CC(F)C(C)(C(=C)C=CC(=CCC)OC(=O)C(=C)C)C=C1. The first-order valence-corrected chi connectivity index (χ1v) is 11.0. The zero-order valence-corrected chi connectivity index (χ0v) is 20.8. The Labute approximate surface area is 206 Å². The number of allylic oxidation sites excluding steroid dienone is 7. The lowest BCUT2D eigenvalue weighted by molar-refractivity contribution is -0.140. The monoisotopic (exact) mass is 484 g/mol. The summed E-state index contributed by atoms with van der Waals surface area (Å²) in [6.45, 7) is 21.1. The molecule has 188 valence electrons. The van der Waals surface area contributed by atoms with Crippen molar-refractivity contribution in [3.63, 3.8) is 0 Å². The Morgan fingerprint density at radius 3 is 2.23 bits per heavy atom. The summed E-state index contributed by atoms with van der Waals surface area (Å²) in [7, 11) is 0. The molecule has 0 heterocycles. The Bertz CT molecular complexity index is 1040. The lowest BCUT2D eigenvalue weighted by Gasteiger charge is -2.32. The zero-order chi connectivity index (χ0) is 26.8. The van der Waals surface area contributed by atoms with Crippen molar-refractivity contribution in [1.82, 2.24) is 0 Å². The van der Waals surface area contributed by atoms with Gasteiger partial charge in [0.05, 0.1) is 6.61 Å². The fourth-order valence-corrected chi connectivity index (χ4v) is 2.64. The molecule has 0 radical (unpaired) electrons. The number of ether oxygens (including phenoxy) is 3. The second kappa shape index (κ2) is 13.2. The summed E-state index contributed by atoms with van der Waals surface area (Å²) in [5.41, 5.74) is -0.123. The van der Waals surface area contributed by atoms with E-state index in [4.69, 9.17) is 14.2 Å². The minimum atomic E-state index is -1.55. The van der Waals surface area contributed by atoms with Gasteiger partial charge in [-0.2, -0.15) is 0 Å². The molecule has 6 nitrogen and oxygen atoms in total. The maximum absolute atomic E-state index is 15.1. The van der Waals surface area contributed by atoms with Gasteiger partial charge in [0.2, 0.25) is 0 Å². The average Bonchev–Trinajstić information content (AvgIpc) is 2.79. The lowest BCUT2D eigenvalue weighted by atomic mass is 9.75. The molecule has 0 aromatic rings. The van der Waals surface area contributed by atoms with E-state index in [1.807, 2.05) is 6.92 Å². The van der Waals surface area contributed by atoms with E-state index in [2.05, 4.69) is 26.3 Å². The quantitative estimate of drug-likeness (QED) is 0.113. The molecular weight excluding hydrogens is 451 g/mol. The maximum Gasteiger partial charge on any atom is 0.338 e. The minimum Gasteiger partial charge on any atom is -0.462 e. The number of esters is 3. The van der Waals surface area contributed by atoms with Crippen LogP contribution in [0.1, 0.15) is 40.5 Å². The second-order valence-electron chi connectivity index (χ2n) is 8.29. The summed E-state index contributed by atoms with van der Waals surface area (Å²) in [5, 5.41) is 0. The number of hydrogen-bond acceptors (Lipinski definition) is 6. The van der Waals surface area contributed by atoms with Gasteiger partial charge in [-0.3, -0.25) is 0 Å². The number of hydrogen-bond donors (Lipinski definition) is 0. The number of carbonyl (C=O) groups is 3. The van der Waals surface area contributed by atoms with Crippen LogP contribution in [0.3, 0.4) is 0 Å². The summed E-state index contributed by atoms with van der Waals surface area (Å²) in [4.78, 5) is 35.4. The third-order valence-electron chi connectivity index (χ3n) is 5.07. The van der Waals surface area contributed by atoms with Crippen molar-refractivity contribution in [2.45, 2.75) is 46.7 Å². The van der Waals surface area contributed by atoms with Gasteiger partial charge in [0.15, 0.2) is 0 Å². The Hall–Kier alpha value is -3.74. The predicted molar refractivity (Wildman–Crippen MR) is 133 cm³/mol. The maximum atomic E-state index is 15.1. The molecule has 35 heavy (non-hydrogen) atoms. The Morgan fingerprint density at radius 1 is 1.06 bits per heavy atom. The molecule has 1 aliphatic rings. The predicted octanol–water partition coefficient (Wildman–Crippen LogP) is 5.92. The van der Waals surface area contributed by atoms with Gasteiger partial charge in [0.1, 0.15) is 17.7 Å². The first-order valence-electron chi connectivity index (χ1n) is 11.0. The van der Waals surface area contributed by atoms with Crippen LogP contribution < -0.4 is 0 Å². The van der Waals surface area contributed by atoms with E-state index in [9.17, 15) is 14.4 Å². The van der Waals surface area contributed by atoms with E-state index in [-0.39, 0.29) is 35.5 Å². The fraction of sp³-hybridized carbons (Fsp3) is 0.321. The molecule has 0 amide bonds. The summed E-state index contributed by atoms with van der Waals surface area (Å²) < 4.78 is 30.5. The number of carbonyl (C=O) groups excluding carboxylic acids is 3. The lowest BCUT2D eigenvalue weighted by Crippen LogP contribution is -2.29. The topological polar surface area (TPSA) is 78.9 Å². The van der Waals surface area contributed by atoms with Crippen LogP contribution in [0.25, 0.3) is 0 Å². The molecule has 1 aliphatic carbocycles. The van der Waals surface area contributed by atoms with Gasteiger partial charge in [-0.05, 0) is 57.1 Å². The first-order chi connectivity index (χ1) is 16.3. The van der Waals surface area contributed by atoms with Crippen molar-refractivity contribution >= 4 is 17.9 Å². The van der Waals surface area contributed by atoms with Crippen LogP contribution in [0.4, 0.5) is 4.39 Å². The van der Waals surface area contributed by atoms with Gasteiger partial charge in [-0.1, -0.05) is 45.4 Å². The van der Waals surface area contributed by atoms with Crippen LogP contribution in [-0.2, 0) is 28.6 Å². The normalized spacial score (nSPS) is 19.5. The highest BCUT2D eigenvalue weighted by Gasteiger charge is 2.36. The Balaban J connectivity index is 2.79. The average molecular weight is 485 g/mol. The molecule has 0 N–H and O–H groups in total. The Morgan fingerprint density at radius 2 is 1.69 bits per heavy atom. The van der Waals surface area contributed by atoms with Gasteiger partial charge in [0.25, 0.3) is 0 Å². The van der Waals surface area contributed by atoms with Crippen LogP contribution in [0.2, 0.25) is 0 Å². The van der Waals surface area contributed by atoms with Crippen LogP contribution in [0, 0.1) is 5.41 Å². The smallest absolute Gasteiger partial charge is 0.338 e. The molecule has 2 unspecified atom stereocenters. The first kappa shape index (κ1) is 29.3. The summed E-state index contributed by atoms with van der Waals surface area (Å²) in [5.74, 6) is -1.55. The largest absolute Gasteiger partial charge is 0.462 e. The van der Waals surface area contributed by atoms with Gasteiger partial charge >= 0.3 is 17.9 Å². The summed E-state index contributed by atoms with van der Waals surface area (Å²) in [6, 6.07) is 0.